The lowest BCUT2D eigenvalue weighted by atomic mass is 10.1. The van der Waals surface area contributed by atoms with Crippen LogP contribution < -0.4 is 0 Å². The van der Waals surface area contributed by atoms with Crippen molar-refractivity contribution in [1.82, 2.24) is 4.98 Å². The number of ether oxygens (including phenoxy) is 1. The second kappa shape index (κ2) is 8.02. The minimum absolute atomic E-state index is 0.394. The van der Waals surface area contributed by atoms with Gasteiger partial charge in [0.05, 0.1) is 5.69 Å². The Morgan fingerprint density at radius 3 is 2.52 bits per heavy atom. The number of aromatic nitrogens is 1. The highest BCUT2D eigenvalue weighted by Gasteiger charge is 2.19. The molecule has 0 saturated carbocycles. The maximum absolute atomic E-state index is 13.6. The molecule has 0 fully saturated rings. The van der Waals surface area contributed by atoms with Crippen LogP contribution in [0.5, 0.6) is 0 Å². The molecule has 0 amide bonds. The maximum atomic E-state index is 13.6. The van der Waals surface area contributed by atoms with E-state index in [0.717, 1.165) is 5.56 Å². The normalized spacial score (nSPS) is 12.0. The number of hydrogen-bond acceptors (Lipinski definition) is 3. The molecule has 3 nitrogen and oxygen atoms in total. The first-order chi connectivity index (χ1) is 12.2. The summed E-state index contributed by atoms with van der Waals surface area (Å²) in [6, 6.07) is 20.7. The fourth-order valence-corrected chi connectivity index (χ4v) is 2.38. The summed E-state index contributed by atoms with van der Waals surface area (Å²) in [5, 5.41) is 0. The van der Waals surface area contributed by atoms with Gasteiger partial charge in [0.25, 0.3) is 0 Å². The van der Waals surface area contributed by atoms with E-state index in [2.05, 4.69) is 4.98 Å². The van der Waals surface area contributed by atoms with Crippen LogP contribution in [0.2, 0.25) is 0 Å². The molecule has 1 atom stereocenters. The van der Waals surface area contributed by atoms with Crippen LogP contribution in [0.3, 0.4) is 0 Å². The van der Waals surface area contributed by atoms with Crippen molar-refractivity contribution in [3.63, 3.8) is 0 Å². The van der Waals surface area contributed by atoms with Crippen molar-refractivity contribution in [2.45, 2.75) is 6.10 Å². The largest absolute Gasteiger partial charge is 0.448 e. The van der Waals surface area contributed by atoms with E-state index in [1.165, 1.54) is 18.2 Å². The summed E-state index contributed by atoms with van der Waals surface area (Å²) in [5.74, 6) is -0.918. The predicted octanol–water partition coefficient (Wildman–Crippen LogP) is 4.57. The molecular weight excluding hydrogens is 317 g/mol. The predicted molar refractivity (Wildman–Crippen MR) is 94.0 cm³/mol. The molecular formula is C21H16FNO2. The Bertz CT molecular complexity index is 863. The third-order valence-corrected chi connectivity index (χ3v) is 3.55. The third-order valence-electron chi connectivity index (χ3n) is 3.55. The van der Waals surface area contributed by atoms with E-state index in [-0.39, 0.29) is 0 Å². The van der Waals surface area contributed by atoms with Gasteiger partial charge in [-0.25, -0.2) is 9.18 Å². The molecule has 0 bridgehead atoms. The number of esters is 1. The number of rotatable bonds is 5. The average Bonchev–Trinajstić information content (AvgIpc) is 2.66. The van der Waals surface area contributed by atoms with Crippen LogP contribution >= 0.6 is 0 Å². The summed E-state index contributed by atoms with van der Waals surface area (Å²) in [5.41, 5.74) is 1.95. The molecule has 3 rings (SSSR count). The van der Waals surface area contributed by atoms with Crippen molar-refractivity contribution >= 4 is 12.0 Å². The number of carbonyl (C=O) groups excluding carboxylic acids is 1. The van der Waals surface area contributed by atoms with Crippen LogP contribution in [0.4, 0.5) is 4.39 Å². The van der Waals surface area contributed by atoms with Crippen LogP contribution in [0.15, 0.2) is 85.1 Å². The first-order valence-corrected chi connectivity index (χ1v) is 7.82. The molecule has 124 valence electrons. The Hall–Kier alpha value is -3.27. The number of hydrogen-bond donors (Lipinski definition) is 0. The molecule has 0 aliphatic carbocycles. The Balaban J connectivity index is 1.83. The molecule has 1 heterocycles. The molecule has 1 unspecified atom stereocenters. The highest BCUT2D eigenvalue weighted by atomic mass is 19.1. The van der Waals surface area contributed by atoms with Crippen molar-refractivity contribution in [1.29, 1.82) is 0 Å². The second-order valence-corrected chi connectivity index (χ2v) is 5.37. The zero-order valence-electron chi connectivity index (χ0n) is 13.4. The van der Waals surface area contributed by atoms with Crippen LogP contribution in [0.25, 0.3) is 6.08 Å². The highest BCUT2D eigenvalue weighted by molar-refractivity contribution is 5.87. The summed E-state index contributed by atoms with van der Waals surface area (Å²) in [4.78, 5) is 16.5. The number of carbonyl (C=O) groups is 1. The summed E-state index contributed by atoms with van der Waals surface area (Å²) in [6.45, 7) is 0. The van der Waals surface area contributed by atoms with E-state index < -0.39 is 17.9 Å². The quantitative estimate of drug-likeness (QED) is 0.507. The van der Waals surface area contributed by atoms with E-state index in [1.807, 2.05) is 30.3 Å². The van der Waals surface area contributed by atoms with Crippen LogP contribution in [-0.2, 0) is 9.53 Å². The van der Waals surface area contributed by atoms with Gasteiger partial charge in [-0.3, -0.25) is 4.98 Å². The van der Waals surface area contributed by atoms with Crippen LogP contribution in [0, 0.1) is 5.82 Å². The van der Waals surface area contributed by atoms with E-state index >= 15 is 0 Å². The third kappa shape index (κ3) is 4.61. The first kappa shape index (κ1) is 16.6. The number of nitrogens with zero attached hydrogens (tertiary/aromatic N) is 1. The zero-order valence-corrected chi connectivity index (χ0v) is 13.4. The molecule has 4 heteroatoms. The van der Waals surface area contributed by atoms with Gasteiger partial charge in [-0.1, -0.05) is 48.5 Å². The van der Waals surface area contributed by atoms with E-state index in [9.17, 15) is 9.18 Å². The Kier molecular flexibility index (Phi) is 5.32. The van der Waals surface area contributed by atoms with Crippen molar-refractivity contribution in [2.24, 2.45) is 0 Å². The van der Waals surface area contributed by atoms with Gasteiger partial charge >= 0.3 is 5.97 Å². The number of halogens is 1. The van der Waals surface area contributed by atoms with Crippen molar-refractivity contribution < 1.29 is 13.9 Å². The van der Waals surface area contributed by atoms with Gasteiger partial charge in [0.2, 0.25) is 0 Å². The highest BCUT2D eigenvalue weighted by Crippen LogP contribution is 2.25. The fourth-order valence-electron chi connectivity index (χ4n) is 2.38. The molecule has 1 aromatic heterocycles. The average molecular weight is 333 g/mol. The Morgan fingerprint density at radius 2 is 1.80 bits per heavy atom. The van der Waals surface area contributed by atoms with Crippen molar-refractivity contribution in [3.8, 4) is 0 Å². The molecule has 0 spiro atoms. The number of pyridine rings is 1. The SMILES string of the molecule is O=C(C=Cc1ccccc1)OC(c1cccc(F)c1)c1ccccn1. The number of benzene rings is 2. The van der Waals surface area contributed by atoms with Gasteiger partial charge in [0, 0.05) is 17.8 Å². The Morgan fingerprint density at radius 1 is 1.00 bits per heavy atom. The maximum Gasteiger partial charge on any atom is 0.331 e. The van der Waals surface area contributed by atoms with Gasteiger partial charge in [-0.15, -0.1) is 0 Å². The smallest absolute Gasteiger partial charge is 0.331 e. The fraction of sp³-hybridized carbons (Fsp3) is 0.0476. The molecule has 25 heavy (non-hydrogen) atoms. The van der Waals surface area contributed by atoms with E-state index in [0.29, 0.717) is 11.3 Å². The lowest BCUT2D eigenvalue weighted by molar-refractivity contribution is -0.141. The lowest BCUT2D eigenvalue weighted by Gasteiger charge is -2.17. The summed E-state index contributed by atoms with van der Waals surface area (Å²) in [6.07, 6.45) is 3.85. The summed E-state index contributed by atoms with van der Waals surface area (Å²) in [7, 11) is 0. The molecule has 0 aliphatic heterocycles. The van der Waals surface area contributed by atoms with E-state index in [4.69, 9.17) is 4.74 Å². The topological polar surface area (TPSA) is 39.2 Å². The molecule has 3 aromatic rings. The molecule has 2 aromatic carbocycles. The zero-order chi connectivity index (χ0) is 17.5. The molecule has 0 saturated heterocycles. The monoisotopic (exact) mass is 333 g/mol. The van der Waals surface area contributed by atoms with Crippen molar-refractivity contribution in [3.05, 3.63) is 108 Å². The first-order valence-electron chi connectivity index (χ1n) is 7.82. The standard InChI is InChI=1S/C21H16FNO2/c22-18-10-6-9-17(15-18)21(19-11-4-5-14-23-19)25-20(24)13-12-16-7-2-1-3-8-16/h1-15,21H. The molecule has 0 radical (unpaired) electrons. The van der Waals surface area contributed by atoms with Gasteiger partial charge in [-0.05, 0) is 35.9 Å². The van der Waals surface area contributed by atoms with Gasteiger partial charge in [-0.2, -0.15) is 0 Å². The van der Waals surface area contributed by atoms with Gasteiger partial charge in [0.1, 0.15) is 5.82 Å². The summed E-state index contributed by atoms with van der Waals surface area (Å²) < 4.78 is 19.1. The van der Waals surface area contributed by atoms with Crippen LogP contribution in [-0.4, -0.2) is 11.0 Å². The van der Waals surface area contributed by atoms with E-state index in [1.54, 1.807) is 42.6 Å². The van der Waals surface area contributed by atoms with Gasteiger partial charge in [0.15, 0.2) is 6.10 Å². The lowest BCUT2D eigenvalue weighted by Crippen LogP contribution is -2.12. The van der Waals surface area contributed by atoms with Crippen LogP contribution in [0.1, 0.15) is 22.9 Å². The van der Waals surface area contributed by atoms with Crippen molar-refractivity contribution in [2.75, 3.05) is 0 Å². The molecule has 0 aliphatic rings. The minimum atomic E-state index is -0.773. The summed E-state index contributed by atoms with van der Waals surface area (Å²) >= 11 is 0. The second-order valence-electron chi connectivity index (χ2n) is 5.37. The Labute approximate surface area is 145 Å². The van der Waals surface area contributed by atoms with Gasteiger partial charge < -0.3 is 4.74 Å². The minimum Gasteiger partial charge on any atom is -0.448 e. The molecule has 0 N–H and O–H groups in total.